The lowest BCUT2D eigenvalue weighted by molar-refractivity contribution is 0.277. The first kappa shape index (κ1) is 19.9. The Bertz CT molecular complexity index is 254. The summed E-state index contributed by atoms with van der Waals surface area (Å²) in [4.78, 5) is 0. The smallest absolute Gasteiger partial charge is 0.191 e. The SMILES string of the molecule is CC(C)(C)[Si](C)(C)OCCCCCCCC/C=C/CO. The molecule has 0 aromatic carbocycles. The van der Waals surface area contributed by atoms with Gasteiger partial charge in [0.15, 0.2) is 8.32 Å². The van der Waals surface area contributed by atoms with Gasteiger partial charge in [0.1, 0.15) is 0 Å². The summed E-state index contributed by atoms with van der Waals surface area (Å²) in [5.74, 6) is 0. The third-order valence-corrected chi connectivity index (χ3v) is 8.84. The maximum absolute atomic E-state index is 8.60. The lowest BCUT2D eigenvalue weighted by Crippen LogP contribution is -2.40. The normalized spacial score (nSPS) is 13.3. The van der Waals surface area contributed by atoms with Gasteiger partial charge >= 0.3 is 0 Å². The highest BCUT2D eigenvalue weighted by Gasteiger charge is 2.36. The van der Waals surface area contributed by atoms with Crippen molar-refractivity contribution in [3.63, 3.8) is 0 Å². The zero-order valence-electron chi connectivity index (χ0n) is 14.4. The molecule has 0 aliphatic rings. The zero-order valence-corrected chi connectivity index (χ0v) is 15.4. The summed E-state index contributed by atoms with van der Waals surface area (Å²) in [5, 5.41) is 8.93. The van der Waals surface area contributed by atoms with Gasteiger partial charge in [-0.25, -0.2) is 0 Å². The number of hydrogen-bond donors (Lipinski definition) is 1. The molecule has 0 aliphatic heterocycles. The second-order valence-electron chi connectivity index (χ2n) is 7.17. The quantitative estimate of drug-likeness (QED) is 0.319. The van der Waals surface area contributed by atoms with E-state index in [4.69, 9.17) is 9.53 Å². The average Bonchev–Trinajstić information content (AvgIpc) is 2.34. The molecule has 2 nitrogen and oxygen atoms in total. The first-order valence-electron chi connectivity index (χ1n) is 8.21. The highest BCUT2D eigenvalue weighted by Crippen LogP contribution is 2.36. The first-order valence-corrected chi connectivity index (χ1v) is 11.1. The second-order valence-corrected chi connectivity index (χ2v) is 12.0. The van der Waals surface area contributed by atoms with E-state index >= 15 is 0 Å². The van der Waals surface area contributed by atoms with Crippen LogP contribution in [0.3, 0.4) is 0 Å². The van der Waals surface area contributed by atoms with Gasteiger partial charge in [-0.15, -0.1) is 0 Å². The van der Waals surface area contributed by atoms with Crippen molar-refractivity contribution < 1.29 is 9.53 Å². The molecule has 120 valence electrons. The van der Waals surface area contributed by atoms with Gasteiger partial charge in [-0.05, 0) is 37.4 Å². The van der Waals surface area contributed by atoms with Gasteiger partial charge in [0.2, 0.25) is 0 Å². The van der Waals surface area contributed by atoms with Gasteiger partial charge < -0.3 is 9.53 Å². The molecule has 0 amide bonds. The summed E-state index contributed by atoms with van der Waals surface area (Å²) in [7, 11) is -1.53. The van der Waals surface area contributed by atoms with E-state index in [0.717, 1.165) is 13.0 Å². The Labute approximate surface area is 127 Å². The molecule has 1 N–H and O–H groups in total. The summed E-state index contributed by atoms with van der Waals surface area (Å²) < 4.78 is 6.17. The molecule has 0 unspecified atom stereocenters. The van der Waals surface area contributed by atoms with Gasteiger partial charge in [0.25, 0.3) is 0 Å². The van der Waals surface area contributed by atoms with Crippen molar-refractivity contribution in [1.82, 2.24) is 0 Å². The van der Waals surface area contributed by atoms with Crippen LogP contribution in [0.5, 0.6) is 0 Å². The average molecular weight is 301 g/mol. The van der Waals surface area contributed by atoms with E-state index in [2.05, 4.69) is 39.9 Å². The summed E-state index contributed by atoms with van der Waals surface area (Å²) in [6, 6.07) is 0. The second kappa shape index (κ2) is 10.6. The highest BCUT2D eigenvalue weighted by atomic mass is 28.4. The van der Waals surface area contributed by atoms with E-state index in [1.54, 1.807) is 0 Å². The first-order chi connectivity index (χ1) is 9.31. The minimum Gasteiger partial charge on any atom is -0.417 e. The van der Waals surface area contributed by atoms with Crippen LogP contribution in [0.4, 0.5) is 0 Å². The molecule has 0 atom stereocenters. The van der Waals surface area contributed by atoms with E-state index in [0.29, 0.717) is 5.04 Å². The van der Waals surface area contributed by atoms with Crippen molar-refractivity contribution >= 4 is 8.32 Å². The summed E-state index contributed by atoms with van der Waals surface area (Å²) in [6.07, 6.45) is 12.7. The van der Waals surface area contributed by atoms with E-state index in [-0.39, 0.29) is 6.61 Å². The van der Waals surface area contributed by atoms with Crippen molar-refractivity contribution in [3.05, 3.63) is 12.2 Å². The highest BCUT2D eigenvalue weighted by molar-refractivity contribution is 6.74. The van der Waals surface area contributed by atoms with Crippen molar-refractivity contribution in [3.8, 4) is 0 Å². The van der Waals surface area contributed by atoms with Crippen molar-refractivity contribution in [1.29, 1.82) is 0 Å². The maximum atomic E-state index is 8.60. The van der Waals surface area contributed by atoms with Gasteiger partial charge in [-0.2, -0.15) is 0 Å². The molecule has 0 spiro atoms. The van der Waals surface area contributed by atoms with Crippen LogP contribution in [0, 0.1) is 0 Å². The van der Waals surface area contributed by atoms with Crippen LogP contribution in [0.1, 0.15) is 65.7 Å². The molecule has 0 bridgehead atoms. The molecule has 3 heteroatoms. The van der Waals surface area contributed by atoms with Crippen molar-refractivity contribution in [2.24, 2.45) is 0 Å². The Morgan fingerprint density at radius 2 is 1.45 bits per heavy atom. The monoisotopic (exact) mass is 300 g/mol. The molecule has 0 radical (unpaired) electrons. The number of rotatable bonds is 11. The Morgan fingerprint density at radius 1 is 0.900 bits per heavy atom. The van der Waals surface area contributed by atoms with Crippen LogP contribution < -0.4 is 0 Å². The molecule has 0 fully saturated rings. The van der Waals surface area contributed by atoms with Gasteiger partial charge in [-0.1, -0.05) is 58.6 Å². The minimum absolute atomic E-state index is 0.175. The van der Waals surface area contributed by atoms with Gasteiger partial charge in [-0.3, -0.25) is 0 Å². The molecule has 0 saturated carbocycles. The molecule has 0 aromatic rings. The topological polar surface area (TPSA) is 29.5 Å². The maximum Gasteiger partial charge on any atom is 0.191 e. The molecular weight excluding hydrogens is 264 g/mol. The Morgan fingerprint density at radius 3 is 2.00 bits per heavy atom. The van der Waals surface area contributed by atoms with E-state index < -0.39 is 8.32 Å². The zero-order chi connectivity index (χ0) is 15.5. The van der Waals surface area contributed by atoms with Crippen molar-refractivity contribution in [2.75, 3.05) is 13.2 Å². The van der Waals surface area contributed by atoms with Crippen LogP contribution in [0.25, 0.3) is 0 Å². The fourth-order valence-electron chi connectivity index (χ4n) is 1.81. The van der Waals surface area contributed by atoms with Crippen LogP contribution in [-0.4, -0.2) is 26.6 Å². The predicted octanol–water partition coefficient (Wildman–Crippen LogP) is 5.29. The fraction of sp³-hybridized carbons (Fsp3) is 0.882. The van der Waals surface area contributed by atoms with E-state index in [9.17, 15) is 0 Å². The van der Waals surface area contributed by atoms with E-state index in [1.807, 2.05) is 6.08 Å². The lowest BCUT2D eigenvalue weighted by atomic mass is 10.1. The molecular formula is C17H36O2Si. The Kier molecular flexibility index (Phi) is 10.5. The van der Waals surface area contributed by atoms with Gasteiger partial charge in [0.05, 0.1) is 6.61 Å². The Balaban J connectivity index is 3.39. The summed E-state index contributed by atoms with van der Waals surface area (Å²) >= 11 is 0. The van der Waals surface area contributed by atoms with Crippen LogP contribution in [0.15, 0.2) is 12.2 Å². The molecule has 20 heavy (non-hydrogen) atoms. The van der Waals surface area contributed by atoms with Crippen LogP contribution in [0.2, 0.25) is 18.1 Å². The lowest BCUT2D eigenvalue weighted by Gasteiger charge is -2.36. The number of hydrogen-bond acceptors (Lipinski definition) is 2. The van der Waals surface area contributed by atoms with Crippen LogP contribution in [-0.2, 0) is 4.43 Å². The number of aliphatic hydroxyl groups excluding tert-OH is 1. The molecule has 0 aromatic heterocycles. The molecule has 0 rings (SSSR count). The minimum atomic E-state index is -1.53. The molecule has 0 aliphatic carbocycles. The largest absolute Gasteiger partial charge is 0.417 e. The molecule has 0 heterocycles. The van der Waals surface area contributed by atoms with Crippen molar-refractivity contribution in [2.45, 2.75) is 83.8 Å². The third kappa shape index (κ3) is 9.73. The van der Waals surface area contributed by atoms with Gasteiger partial charge in [0, 0.05) is 6.61 Å². The fourth-order valence-corrected chi connectivity index (χ4v) is 2.90. The summed E-state index contributed by atoms with van der Waals surface area (Å²) in [6.45, 7) is 12.7. The summed E-state index contributed by atoms with van der Waals surface area (Å²) in [5.41, 5.74) is 0. The molecule has 0 saturated heterocycles. The Hall–Kier alpha value is -0.123. The number of aliphatic hydroxyl groups is 1. The number of unbranched alkanes of at least 4 members (excludes halogenated alkanes) is 6. The van der Waals surface area contributed by atoms with E-state index in [1.165, 1.54) is 38.5 Å². The van der Waals surface area contributed by atoms with Crippen LogP contribution >= 0.6 is 0 Å². The predicted molar refractivity (Wildman–Crippen MR) is 91.7 cm³/mol. The standard InChI is InChI=1S/C17H36O2Si/c1-17(2,3)20(4,5)19-16-14-12-10-8-6-7-9-11-13-15-18/h11,13,18H,6-10,12,14-16H2,1-5H3/b13-11+. The number of allylic oxidation sites excluding steroid dienone is 1. The third-order valence-electron chi connectivity index (χ3n) is 4.31.